The van der Waals surface area contributed by atoms with Crippen LogP contribution in [0.2, 0.25) is 0 Å². The normalized spacial score (nSPS) is 10.0. The molecule has 0 radical (unpaired) electrons. The van der Waals surface area contributed by atoms with Crippen molar-refractivity contribution in [1.29, 1.82) is 0 Å². The van der Waals surface area contributed by atoms with E-state index < -0.39 is 0 Å². The van der Waals surface area contributed by atoms with E-state index in [4.69, 9.17) is 32.2 Å². The molecule has 0 bridgehead atoms. The first kappa shape index (κ1) is 29.5. The van der Waals surface area contributed by atoms with E-state index in [0.29, 0.717) is 18.3 Å². The van der Waals surface area contributed by atoms with Crippen molar-refractivity contribution in [3.8, 4) is 17.2 Å². The second kappa shape index (κ2) is 19.9. The predicted octanol–water partition coefficient (Wildman–Crippen LogP) is 5.10. The van der Waals surface area contributed by atoms with Gasteiger partial charge in [-0.25, -0.2) is 0 Å². The van der Waals surface area contributed by atoms with Crippen LogP contribution < -0.4 is 30.6 Å². The molecule has 0 unspecified atom stereocenters. The summed E-state index contributed by atoms with van der Waals surface area (Å²) < 4.78 is 16.2. The van der Waals surface area contributed by atoms with Crippen molar-refractivity contribution in [1.82, 2.24) is 10.6 Å². The van der Waals surface area contributed by atoms with Gasteiger partial charge in [0, 0.05) is 20.1 Å². The third-order valence-electron chi connectivity index (χ3n) is 5.06. The predicted molar refractivity (Wildman–Crippen MR) is 146 cm³/mol. The highest BCUT2D eigenvalue weighted by Gasteiger charge is 2.00. The Bertz CT molecular complexity index is 772. The summed E-state index contributed by atoms with van der Waals surface area (Å²) in [4.78, 5) is 0. The molecule has 0 amide bonds. The molecule has 4 N–H and O–H groups in total. The van der Waals surface area contributed by atoms with Crippen LogP contribution >= 0.6 is 12.2 Å². The molecule has 0 atom stereocenters. The van der Waals surface area contributed by atoms with Crippen LogP contribution in [0.4, 0.5) is 0 Å². The topological polar surface area (TPSA) is 77.8 Å². The van der Waals surface area contributed by atoms with E-state index in [-0.39, 0.29) is 0 Å². The van der Waals surface area contributed by atoms with E-state index in [0.717, 1.165) is 43.2 Å². The van der Waals surface area contributed by atoms with Crippen LogP contribution in [-0.2, 0) is 6.42 Å². The molecule has 190 valence electrons. The minimum atomic E-state index is 0.512. The zero-order valence-corrected chi connectivity index (χ0v) is 21.9. The molecular weight excluding hydrogens is 446 g/mol. The lowest BCUT2D eigenvalue weighted by Crippen LogP contribution is -2.33. The molecule has 2 rings (SSSR count). The number of methoxy groups -OCH3 is 1. The first-order valence-electron chi connectivity index (χ1n) is 12.3. The summed E-state index contributed by atoms with van der Waals surface area (Å²) in [6.45, 7) is 4.94. The van der Waals surface area contributed by atoms with Crippen molar-refractivity contribution in [3.05, 3.63) is 54.1 Å². The van der Waals surface area contributed by atoms with Gasteiger partial charge in [0.2, 0.25) is 0 Å². The van der Waals surface area contributed by atoms with Gasteiger partial charge < -0.3 is 30.6 Å². The van der Waals surface area contributed by atoms with E-state index in [1.54, 1.807) is 7.11 Å². The van der Waals surface area contributed by atoms with Gasteiger partial charge in [0.25, 0.3) is 0 Å². The van der Waals surface area contributed by atoms with E-state index in [2.05, 4.69) is 41.8 Å². The fourth-order valence-electron chi connectivity index (χ4n) is 3.14. The summed E-state index contributed by atoms with van der Waals surface area (Å²) in [5, 5.41) is 6.75. The molecular formula is C27H43N3O3S. The summed E-state index contributed by atoms with van der Waals surface area (Å²) in [7, 11) is 3.44. The van der Waals surface area contributed by atoms with Gasteiger partial charge in [-0.3, -0.25) is 0 Å². The lowest BCUT2D eigenvalue weighted by molar-refractivity contribution is 0.302. The maximum atomic E-state index is 5.78. The highest BCUT2D eigenvalue weighted by atomic mass is 32.1. The Kier molecular flexibility index (Phi) is 17.3. The molecule has 2 aromatic rings. The van der Waals surface area contributed by atoms with Crippen LogP contribution in [0.3, 0.4) is 0 Å². The van der Waals surface area contributed by atoms with Crippen LogP contribution in [0, 0.1) is 0 Å². The molecule has 2 aromatic carbocycles. The minimum Gasteiger partial charge on any atom is -0.494 e. The average Bonchev–Trinajstić information content (AvgIpc) is 2.88. The highest BCUT2D eigenvalue weighted by molar-refractivity contribution is 7.80. The largest absolute Gasteiger partial charge is 0.494 e. The zero-order valence-electron chi connectivity index (χ0n) is 21.1. The van der Waals surface area contributed by atoms with Crippen LogP contribution in [-0.4, -0.2) is 45.6 Å². The highest BCUT2D eigenvalue weighted by Crippen LogP contribution is 2.25. The monoisotopic (exact) mass is 489 g/mol. The number of unbranched alkanes of at least 4 members (excludes halogenated alkanes) is 5. The number of hydrogen-bond acceptors (Lipinski definition) is 5. The standard InChI is InChI=1S/C18H30N2OS.C9H13NO2/c1-3-4-5-6-7-8-15-21-17-11-9-16(10-12-17)13-14-20-18(22)19-2;1-11-8-4-2-3-5-9(8)12-7-6-10/h9-12H,3-8,13-15H2,1-2H3,(H2,19,20,22);2-5H,6-7,10H2,1H3. The number of nitrogens with two attached hydrogens (primary N) is 1. The van der Waals surface area contributed by atoms with E-state index in [1.165, 1.54) is 37.7 Å². The third kappa shape index (κ3) is 13.9. The van der Waals surface area contributed by atoms with E-state index in [9.17, 15) is 0 Å². The Morgan fingerprint density at radius 1 is 0.882 bits per heavy atom. The molecule has 0 fully saturated rings. The van der Waals surface area contributed by atoms with E-state index >= 15 is 0 Å². The van der Waals surface area contributed by atoms with Gasteiger partial charge in [-0.05, 0) is 54.9 Å². The maximum absolute atomic E-state index is 5.78. The Morgan fingerprint density at radius 3 is 2.21 bits per heavy atom. The van der Waals surface area contributed by atoms with Gasteiger partial charge in [0.05, 0.1) is 13.7 Å². The fraction of sp³-hybridized carbons (Fsp3) is 0.519. The maximum Gasteiger partial charge on any atom is 0.166 e. The lowest BCUT2D eigenvalue weighted by Gasteiger charge is -2.09. The summed E-state index contributed by atoms with van der Waals surface area (Å²) in [5.41, 5.74) is 6.59. The van der Waals surface area contributed by atoms with Crippen LogP contribution in [0.15, 0.2) is 48.5 Å². The van der Waals surface area contributed by atoms with Gasteiger partial charge in [-0.2, -0.15) is 0 Å². The van der Waals surface area contributed by atoms with Gasteiger partial charge in [0.15, 0.2) is 16.6 Å². The first-order valence-corrected chi connectivity index (χ1v) is 12.7. The SMILES string of the molecule is CCCCCCCCOc1ccc(CCNC(=S)NC)cc1.COc1ccccc1OCCN. The van der Waals surface area contributed by atoms with Gasteiger partial charge in [0.1, 0.15) is 12.4 Å². The molecule has 0 heterocycles. The molecule has 0 spiro atoms. The smallest absolute Gasteiger partial charge is 0.166 e. The van der Waals surface area contributed by atoms with Crippen LogP contribution in [0.1, 0.15) is 51.0 Å². The number of rotatable bonds is 15. The number of nitrogens with one attached hydrogen (secondary N) is 2. The first-order chi connectivity index (χ1) is 16.6. The van der Waals surface area contributed by atoms with Gasteiger partial charge >= 0.3 is 0 Å². The Morgan fingerprint density at radius 2 is 1.56 bits per heavy atom. The fourth-order valence-corrected chi connectivity index (χ4v) is 3.24. The molecule has 0 saturated carbocycles. The Labute approximate surface area is 211 Å². The Balaban J connectivity index is 0.000000404. The number of ether oxygens (including phenoxy) is 3. The summed E-state index contributed by atoms with van der Waals surface area (Å²) in [5.74, 6) is 2.45. The Hall–Kier alpha value is -2.51. The van der Waals surface area contributed by atoms with Crippen LogP contribution in [0.5, 0.6) is 17.2 Å². The van der Waals surface area contributed by atoms with Crippen LogP contribution in [0.25, 0.3) is 0 Å². The minimum absolute atomic E-state index is 0.512. The molecule has 7 heteroatoms. The second-order valence-corrected chi connectivity index (χ2v) is 8.21. The van der Waals surface area contributed by atoms with Crippen molar-refractivity contribution in [2.45, 2.75) is 51.9 Å². The molecule has 0 saturated heterocycles. The number of thiocarbonyl (C=S) groups is 1. The van der Waals surface area contributed by atoms with Crippen molar-refractivity contribution in [2.75, 3.05) is 40.5 Å². The van der Waals surface area contributed by atoms with Crippen molar-refractivity contribution in [2.24, 2.45) is 5.73 Å². The van der Waals surface area contributed by atoms with E-state index in [1.807, 2.05) is 31.3 Å². The molecule has 0 aliphatic carbocycles. The quantitative estimate of drug-likeness (QED) is 0.237. The lowest BCUT2D eigenvalue weighted by atomic mass is 10.1. The third-order valence-corrected chi connectivity index (χ3v) is 5.41. The van der Waals surface area contributed by atoms with Gasteiger partial charge in [-0.1, -0.05) is 63.3 Å². The number of hydrogen-bond donors (Lipinski definition) is 3. The summed E-state index contributed by atoms with van der Waals surface area (Å²) in [6, 6.07) is 15.9. The molecule has 34 heavy (non-hydrogen) atoms. The molecule has 6 nitrogen and oxygen atoms in total. The van der Waals surface area contributed by atoms with Crippen molar-refractivity contribution < 1.29 is 14.2 Å². The summed E-state index contributed by atoms with van der Waals surface area (Å²) in [6.07, 6.45) is 8.73. The number of benzene rings is 2. The molecule has 0 aromatic heterocycles. The average molecular weight is 490 g/mol. The van der Waals surface area contributed by atoms with Gasteiger partial charge in [-0.15, -0.1) is 0 Å². The molecule has 0 aliphatic heterocycles. The van der Waals surface area contributed by atoms with Crippen molar-refractivity contribution >= 4 is 17.3 Å². The van der Waals surface area contributed by atoms with Crippen molar-refractivity contribution in [3.63, 3.8) is 0 Å². The molecule has 0 aliphatic rings. The summed E-state index contributed by atoms with van der Waals surface area (Å²) >= 11 is 5.04. The zero-order chi connectivity index (χ0) is 24.9. The second-order valence-electron chi connectivity index (χ2n) is 7.80. The number of para-hydroxylation sites is 2.